The second-order valence-corrected chi connectivity index (χ2v) is 3.70. The van der Waals surface area contributed by atoms with E-state index in [0.29, 0.717) is 0 Å². The molecule has 56 valence electrons. The van der Waals surface area contributed by atoms with Gasteiger partial charge in [-0.05, 0) is 39.2 Å². The van der Waals surface area contributed by atoms with Crippen LogP contribution in [0.5, 0.6) is 0 Å². The number of hydrogen-bond donors (Lipinski definition) is 0. The molecule has 0 saturated carbocycles. The first kappa shape index (κ1) is 7.32. The fourth-order valence-corrected chi connectivity index (χ4v) is 1.65. The van der Waals surface area contributed by atoms with Crippen LogP contribution >= 0.6 is 27.5 Å². The zero-order chi connectivity index (χ0) is 7.84. The molecule has 1 aromatic rings. The van der Waals surface area contributed by atoms with Gasteiger partial charge in [0.15, 0.2) is 0 Å². The van der Waals surface area contributed by atoms with E-state index >= 15 is 0 Å². The van der Waals surface area contributed by atoms with Gasteiger partial charge in [-0.25, -0.2) is 0 Å². The van der Waals surface area contributed by atoms with Crippen molar-refractivity contribution in [3.05, 3.63) is 32.8 Å². The van der Waals surface area contributed by atoms with E-state index < -0.39 is 0 Å². The van der Waals surface area contributed by atoms with E-state index in [4.69, 9.17) is 11.6 Å². The van der Waals surface area contributed by atoms with Crippen LogP contribution in [0, 0.1) is 0 Å². The maximum Gasteiger partial charge on any atom is 0.0646 e. The molecule has 1 nitrogen and oxygen atoms in total. The van der Waals surface area contributed by atoms with Gasteiger partial charge in [-0.1, -0.05) is 11.6 Å². The van der Waals surface area contributed by atoms with Crippen LogP contribution in [0.2, 0.25) is 5.02 Å². The van der Waals surface area contributed by atoms with E-state index in [1.807, 2.05) is 18.3 Å². The Balaban J connectivity index is 2.63. The molecular weight excluding hydrogens is 225 g/mol. The third-order valence-corrected chi connectivity index (χ3v) is 2.87. The monoisotopic (exact) mass is 229 g/mol. The standard InChI is InChI=1S/C8H5BrClN/c9-7-1-5-3-11-4-6(5)2-8(7)10/h1-3H,4H2. The minimum Gasteiger partial charge on any atom is -0.288 e. The van der Waals surface area contributed by atoms with Crippen molar-refractivity contribution in [3.63, 3.8) is 0 Å². The number of rotatable bonds is 0. The Hall–Kier alpha value is -0.340. The van der Waals surface area contributed by atoms with Crippen molar-refractivity contribution in [3.8, 4) is 0 Å². The maximum atomic E-state index is 5.89. The molecule has 3 heteroatoms. The van der Waals surface area contributed by atoms with Crippen LogP contribution in [0.25, 0.3) is 0 Å². The number of nitrogens with zero attached hydrogens (tertiary/aromatic N) is 1. The molecule has 0 aromatic heterocycles. The first-order valence-corrected chi connectivity index (χ1v) is 4.42. The van der Waals surface area contributed by atoms with Crippen LogP contribution in [0.4, 0.5) is 0 Å². The molecule has 1 heterocycles. The summed E-state index contributed by atoms with van der Waals surface area (Å²) in [5.74, 6) is 0. The summed E-state index contributed by atoms with van der Waals surface area (Å²) in [6, 6.07) is 3.95. The van der Waals surface area contributed by atoms with E-state index in [1.165, 1.54) is 11.1 Å². The molecule has 0 N–H and O–H groups in total. The van der Waals surface area contributed by atoms with Crippen LogP contribution in [0.3, 0.4) is 0 Å². The fourth-order valence-electron chi connectivity index (χ4n) is 1.10. The molecule has 0 spiro atoms. The lowest BCUT2D eigenvalue weighted by Gasteiger charge is -1.99. The van der Waals surface area contributed by atoms with Gasteiger partial charge in [0.2, 0.25) is 0 Å². The van der Waals surface area contributed by atoms with Gasteiger partial charge in [0.25, 0.3) is 0 Å². The minimum absolute atomic E-state index is 0.759. The van der Waals surface area contributed by atoms with Crippen molar-refractivity contribution in [1.82, 2.24) is 0 Å². The van der Waals surface area contributed by atoms with E-state index in [1.54, 1.807) is 0 Å². The van der Waals surface area contributed by atoms with Crippen molar-refractivity contribution >= 4 is 33.7 Å². The second kappa shape index (κ2) is 2.61. The molecule has 0 bridgehead atoms. The molecule has 1 aliphatic rings. The average molecular weight is 230 g/mol. The van der Waals surface area contributed by atoms with Gasteiger partial charge in [-0.3, -0.25) is 4.99 Å². The largest absolute Gasteiger partial charge is 0.288 e. The van der Waals surface area contributed by atoms with Gasteiger partial charge in [0.1, 0.15) is 0 Å². The summed E-state index contributed by atoms with van der Waals surface area (Å²) in [4.78, 5) is 4.13. The number of hydrogen-bond acceptors (Lipinski definition) is 1. The molecule has 0 aliphatic carbocycles. The lowest BCUT2D eigenvalue weighted by molar-refractivity contribution is 1.11. The molecule has 0 fully saturated rings. The first-order valence-electron chi connectivity index (χ1n) is 3.25. The summed E-state index contributed by atoms with van der Waals surface area (Å²) in [7, 11) is 0. The van der Waals surface area contributed by atoms with Crippen LogP contribution in [0.15, 0.2) is 21.6 Å². The summed E-state index contributed by atoms with van der Waals surface area (Å²) in [5.41, 5.74) is 2.37. The second-order valence-electron chi connectivity index (χ2n) is 2.43. The number of halogens is 2. The van der Waals surface area contributed by atoms with E-state index in [2.05, 4.69) is 20.9 Å². The highest BCUT2D eigenvalue weighted by molar-refractivity contribution is 9.10. The summed E-state index contributed by atoms with van der Waals surface area (Å²) in [5, 5.41) is 0.759. The Bertz CT molecular complexity index is 333. The van der Waals surface area contributed by atoms with E-state index in [-0.39, 0.29) is 0 Å². The third kappa shape index (κ3) is 1.21. The summed E-state index contributed by atoms with van der Waals surface area (Å²) in [6.07, 6.45) is 1.87. The Kier molecular flexibility index (Phi) is 1.74. The molecule has 0 saturated heterocycles. The highest BCUT2D eigenvalue weighted by Crippen LogP contribution is 2.27. The van der Waals surface area contributed by atoms with Gasteiger partial charge < -0.3 is 0 Å². The molecule has 0 amide bonds. The lowest BCUT2D eigenvalue weighted by Crippen LogP contribution is -1.83. The number of aliphatic imine (C=N–C) groups is 1. The van der Waals surface area contributed by atoms with Crippen molar-refractivity contribution < 1.29 is 0 Å². The Morgan fingerprint density at radius 2 is 2.27 bits per heavy atom. The van der Waals surface area contributed by atoms with Crippen LogP contribution in [-0.2, 0) is 6.54 Å². The summed E-state index contributed by atoms with van der Waals surface area (Å²) >= 11 is 9.25. The molecule has 0 atom stereocenters. The third-order valence-electron chi connectivity index (χ3n) is 1.67. The van der Waals surface area contributed by atoms with Gasteiger partial charge >= 0.3 is 0 Å². The van der Waals surface area contributed by atoms with Gasteiger partial charge in [0.05, 0.1) is 11.6 Å². The van der Waals surface area contributed by atoms with E-state index in [9.17, 15) is 0 Å². The molecule has 0 unspecified atom stereocenters. The number of benzene rings is 1. The highest BCUT2D eigenvalue weighted by atomic mass is 79.9. The van der Waals surface area contributed by atoms with Gasteiger partial charge in [-0.15, -0.1) is 0 Å². The molecule has 2 rings (SSSR count). The molecule has 0 radical (unpaired) electrons. The average Bonchev–Trinajstić information content (AvgIpc) is 2.36. The fraction of sp³-hybridized carbons (Fsp3) is 0.125. The van der Waals surface area contributed by atoms with Crippen molar-refractivity contribution in [2.75, 3.05) is 0 Å². The smallest absolute Gasteiger partial charge is 0.0646 e. The highest BCUT2D eigenvalue weighted by Gasteiger charge is 2.08. The molecule has 1 aromatic carbocycles. The van der Waals surface area contributed by atoms with Crippen LogP contribution < -0.4 is 0 Å². The van der Waals surface area contributed by atoms with Crippen molar-refractivity contribution in [2.24, 2.45) is 4.99 Å². The van der Waals surface area contributed by atoms with Crippen molar-refractivity contribution in [1.29, 1.82) is 0 Å². The van der Waals surface area contributed by atoms with Crippen LogP contribution in [0.1, 0.15) is 11.1 Å². The molecular formula is C8H5BrClN. The zero-order valence-electron chi connectivity index (χ0n) is 5.64. The topological polar surface area (TPSA) is 12.4 Å². The Morgan fingerprint density at radius 3 is 3.09 bits per heavy atom. The SMILES string of the molecule is Clc1cc2c(cc1Br)C=NC2. The van der Waals surface area contributed by atoms with Gasteiger partial charge in [0, 0.05) is 10.7 Å². The first-order chi connectivity index (χ1) is 5.27. The van der Waals surface area contributed by atoms with Gasteiger partial charge in [-0.2, -0.15) is 0 Å². The van der Waals surface area contributed by atoms with Crippen molar-refractivity contribution in [2.45, 2.75) is 6.54 Å². The summed E-state index contributed by atoms with van der Waals surface area (Å²) < 4.78 is 0.936. The minimum atomic E-state index is 0.759. The predicted molar refractivity (Wildman–Crippen MR) is 50.5 cm³/mol. The summed E-state index contributed by atoms with van der Waals surface area (Å²) in [6.45, 7) is 0.766. The zero-order valence-corrected chi connectivity index (χ0v) is 7.98. The predicted octanol–water partition coefficient (Wildman–Crippen LogP) is 3.04. The quantitative estimate of drug-likeness (QED) is 0.650. The van der Waals surface area contributed by atoms with Crippen LogP contribution in [-0.4, -0.2) is 6.21 Å². The Labute approximate surface area is 78.2 Å². The molecule has 11 heavy (non-hydrogen) atoms. The van der Waals surface area contributed by atoms with E-state index in [0.717, 1.165) is 16.0 Å². The normalized spacial score (nSPS) is 13.6. The molecule has 1 aliphatic heterocycles. The maximum absolute atomic E-state index is 5.89. The lowest BCUT2D eigenvalue weighted by atomic mass is 10.1. The number of fused-ring (bicyclic) bond motifs is 1. The Morgan fingerprint density at radius 1 is 1.45 bits per heavy atom.